The van der Waals surface area contributed by atoms with Crippen molar-refractivity contribution in [1.29, 1.82) is 0 Å². The van der Waals surface area contributed by atoms with E-state index >= 15 is 0 Å². The average molecular weight is 929 g/mol. The van der Waals surface area contributed by atoms with E-state index in [9.17, 15) is 0 Å². The van der Waals surface area contributed by atoms with Gasteiger partial charge in [-0.15, -0.1) is 0 Å². The summed E-state index contributed by atoms with van der Waals surface area (Å²) >= 11 is 1.88. The van der Waals surface area contributed by atoms with Gasteiger partial charge in [0.15, 0.2) is 8.07 Å². The fourth-order valence-corrected chi connectivity index (χ4v) is 18.4. The lowest BCUT2D eigenvalue weighted by molar-refractivity contribution is 0.608. The third kappa shape index (κ3) is 5.55. The van der Waals surface area contributed by atoms with Crippen molar-refractivity contribution in [3.8, 4) is 11.4 Å². The minimum absolute atomic E-state index is 0.0914. The van der Waals surface area contributed by atoms with Gasteiger partial charge >= 0.3 is 0 Å². The molecule has 0 unspecified atom stereocenters. The summed E-state index contributed by atoms with van der Waals surface area (Å²) in [5, 5.41) is 5.03. The number of nitrogens with zero attached hydrogens (tertiary/aromatic N) is 6. The van der Waals surface area contributed by atoms with Gasteiger partial charge in [-0.2, -0.15) is 0 Å². The first-order chi connectivity index (χ1) is 36.2. The molecule has 0 amide bonds. The third-order valence-corrected chi connectivity index (χ3v) is 20.8. The molecule has 0 fully saturated rings. The van der Waals surface area contributed by atoms with E-state index in [0.29, 0.717) is 39.3 Å². The van der Waals surface area contributed by atoms with Crippen LogP contribution >= 0.6 is 11.8 Å². The minimum Gasteiger partial charge on any atom is -0.278 e. The van der Waals surface area contributed by atoms with Crippen LogP contribution in [0, 0.1) is 13.7 Å². The molecule has 0 atom stereocenters. The Labute approximate surface area is 413 Å². The fraction of sp³-hybridized carbons (Fsp3) is 0.0820. The molecule has 1 aliphatic rings. The summed E-state index contributed by atoms with van der Waals surface area (Å²) in [4.78, 5) is 13.0. The van der Waals surface area contributed by atoms with E-state index in [0.717, 1.165) is 27.8 Å². The maximum absolute atomic E-state index is 9.06. The highest BCUT2D eigenvalue weighted by Crippen LogP contribution is 2.49. The molecule has 14 rings (SSSR count). The molecule has 330 valence electrons. The minimum atomic E-state index is -3.20. The third-order valence-electron chi connectivity index (χ3n) is 14.6. The number of hydrogen-bond acceptors (Lipinski definition) is 3. The van der Waals surface area contributed by atoms with E-state index in [4.69, 9.17) is 18.2 Å². The predicted octanol–water partition coefficient (Wildman–Crippen LogP) is 12.0. The zero-order chi connectivity index (χ0) is 51.2. The van der Waals surface area contributed by atoms with Crippen LogP contribution in [0.15, 0.2) is 216 Å². The highest BCUT2D eigenvalue weighted by molar-refractivity contribution is 7.99. The van der Waals surface area contributed by atoms with Crippen molar-refractivity contribution in [3.05, 3.63) is 229 Å². The van der Waals surface area contributed by atoms with Crippen LogP contribution in [0.4, 0.5) is 0 Å². The Balaban J connectivity index is 1.05. The number of benzene rings is 9. The van der Waals surface area contributed by atoms with Crippen molar-refractivity contribution < 1.29 is 8.22 Å². The summed E-state index contributed by atoms with van der Waals surface area (Å²) in [6, 6.07) is 71.7. The lowest BCUT2D eigenvalue weighted by Crippen LogP contribution is -2.75. The molecule has 6 nitrogen and oxygen atoms in total. The smallest absolute Gasteiger partial charge is 0.220 e. The van der Waals surface area contributed by atoms with Gasteiger partial charge in [0.2, 0.25) is 11.6 Å². The lowest BCUT2D eigenvalue weighted by atomic mass is 9.78. The van der Waals surface area contributed by atoms with E-state index in [1.54, 1.807) is 18.2 Å². The van der Waals surface area contributed by atoms with E-state index in [2.05, 4.69) is 162 Å². The van der Waals surface area contributed by atoms with Crippen LogP contribution in [0.5, 0.6) is 0 Å². The summed E-state index contributed by atoms with van der Waals surface area (Å²) in [6.07, 6.45) is 0. The van der Waals surface area contributed by atoms with Gasteiger partial charge in [0.25, 0.3) is 0 Å². The molecular formula is C61H46N6SSi. The summed E-state index contributed by atoms with van der Waals surface area (Å²) in [6.45, 7) is -0.279. The van der Waals surface area contributed by atoms with Crippen LogP contribution < -0.4 is 20.7 Å². The Bertz CT molecular complexity index is 4430. The quantitative estimate of drug-likeness (QED) is 0.123. The monoisotopic (exact) mass is 928 g/mol. The molecule has 4 aromatic heterocycles. The first-order valence-corrected chi connectivity index (χ1v) is 26.1. The Hall–Kier alpha value is -7.91. The first-order valence-electron chi connectivity index (χ1n) is 26.3. The average Bonchev–Trinajstić information content (AvgIpc) is 4.33. The van der Waals surface area contributed by atoms with Crippen LogP contribution in [-0.4, -0.2) is 36.0 Å². The Morgan fingerprint density at radius 1 is 0.449 bits per heavy atom. The van der Waals surface area contributed by atoms with Crippen LogP contribution in [0.2, 0.25) is 0 Å². The maximum Gasteiger partial charge on any atom is 0.220 e. The number of imidazole rings is 4. The summed E-state index contributed by atoms with van der Waals surface area (Å²) in [5.41, 5.74) is 9.43. The van der Waals surface area contributed by atoms with Gasteiger partial charge in [0, 0.05) is 29.1 Å². The summed E-state index contributed by atoms with van der Waals surface area (Å²) in [7, 11) is -3.20. The van der Waals surface area contributed by atoms with Crippen LogP contribution in [0.1, 0.15) is 44.3 Å². The Morgan fingerprint density at radius 3 is 1.68 bits per heavy atom. The van der Waals surface area contributed by atoms with Gasteiger partial charge in [-0.1, -0.05) is 171 Å². The largest absolute Gasteiger partial charge is 0.278 e. The molecule has 0 N–H and O–H groups in total. The number of rotatable bonds is 6. The second kappa shape index (κ2) is 14.8. The molecular weight excluding hydrogens is 877 g/mol. The van der Waals surface area contributed by atoms with Crippen molar-refractivity contribution in [2.24, 2.45) is 0 Å². The molecule has 0 aliphatic carbocycles. The van der Waals surface area contributed by atoms with Crippen LogP contribution in [-0.2, 0) is 5.41 Å². The van der Waals surface area contributed by atoms with E-state index in [1.807, 2.05) is 69.3 Å². The topological polar surface area (TPSA) is 44.5 Å². The molecule has 8 heteroatoms. The van der Waals surface area contributed by atoms with Crippen molar-refractivity contribution in [2.75, 3.05) is 0 Å². The second-order valence-electron chi connectivity index (χ2n) is 18.6. The van der Waals surface area contributed by atoms with Gasteiger partial charge in [-0.25, -0.2) is 9.97 Å². The highest BCUT2D eigenvalue weighted by atomic mass is 32.2. The summed E-state index contributed by atoms with van der Waals surface area (Å²) in [5.74, 6) is 1.04. The normalized spacial score (nSPS) is 15.2. The van der Waals surface area contributed by atoms with Gasteiger partial charge < -0.3 is 0 Å². The number of aromatic nitrogens is 6. The molecule has 0 spiro atoms. The standard InChI is InChI=1S/C61H46N6SSi/c1-39-20-17-33-52-56(39)62-60-65(49-30-13-14-31-50(49)66(52)60)42-36-40(2)57-53(38-42)67-51-32-15-12-29-48(51)64(59(67)63-57)41-21-18-26-45(37-41)69(43-22-7-5-8-23-43,44-24-9-6-10-25-44)55-35-19-28-47-58(55)68-54-34-16-11-27-46(54)61(47,3)4/h5-38H,1-4H3/i1D3,2D3. The highest BCUT2D eigenvalue weighted by Gasteiger charge is 2.46. The molecule has 0 saturated heterocycles. The predicted molar refractivity (Wildman–Crippen MR) is 288 cm³/mol. The van der Waals surface area contributed by atoms with Gasteiger partial charge in [0.1, 0.15) is 0 Å². The SMILES string of the molecule is [2H]C([2H])([2H])c1cccc2c1nc1n(-c3cc(C([2H])([2H])[2H])c4nc5n(-c6cccc([Si](c7ccccc7)(c7ccccc7)c7cccc8c7Sc7ccccc7C8(C)C)c6)c6ccccc6n5c4c3)c3ccccc3n21. The molecule has 69 heavy (non-hydrogen) atoms. The molecule has 9 aromatic carbocycles. The molecule has 0 saturated carbocycles. The molecule has 0 bridgehead atoms. The number of hydrogen-bond donors (Lipinski definition) is 0. The molecule has 1 aliphatic heterocycles. The van der Waals surface area contributed by atoms with Crippen LogP contribution in [0.3, 0.4) is 0 Å². The zero-order valence-electron chi connectivity index (χ0n) is 43.7. The molecule has 0 radical (unpaired) electrons. The molecule has 5 heterocycles. The maximum atomic E-state index is 9.06. The van der Waals surface area contributed by atoms with Crippen molar-refractivity contribution in [3.63, 3.8) is 0 Å². The second-order valence-corrected chi connectivity index (χ2v) is 23.4. The van der Waals surface area contributed by atoms with Gasteiger partial charge in [-0.05, 0) is 117 Å². The van der Waals surface area contributed by atoms with Gasteiger partial charge in [-0.3, -0.25) is 17.9 Å². The number of para-hydroxylation sites is 5. The fourth-order valence-electron chi connectivity index (χ4n) is 11.5. The lowest BCUT2D eigenvalue weighted by Gasteiger charge is -2.40. The summed E-state index contributed by atoms with van der Waals surface area (Å²) < 4.78 is 60.4. The number of fused-ring (bicyclic) bond motifs is 12. The Morgan fingerprint density at radius 2 is 0.986 bits per heavy atom. The Kier molecular flexibility index (Phi) is 7.37. The van der Waals surface area contributed by atoms with E-state index < -0.39 is 21.8 Å². The van der Waals surface area contributed by atoms with Crippen LogP contribution in [0.25, 0.3) is 67.1 Å². The first kappa shape index (κ1) is 34.4. The van der Waals surface area contributed by atoms with Gasteiger partial charge in [0.05, 0.1) is 49.8 Å². The van der Waals surface area contributed by atoms with Crippen molar-refractivity contribution >= 4 is 96.3 Å². The van der Waals surface area contributed by atoms with E-state index in [1.165, 1.54) is 41.7 Å². The zero-order valence-corrected chi connectivity index (χ0v) is 39.5. The molecule has 13 aromatic rings. The van der Waals surface area contributed by atoms with E-state index in [-0.39, 0.29) is 16.5 Å². The van der Waals surface area contributed by atoms with Crippen molar-refractivity contribution in [2.45, 2.75) is 42.8 Å². The van der Waals surface area contributed by atoms with Crippen molar-refractivity contribution in [1.82, 2.24) is 27.9 Å². The number of aryl methyl sites for hydroxylation is 2.